The molecular formula is C22H22N4O3. The molecule has 7 nitrogen and oxygen atoms in total. The van der Waals surface area contributed by atoms with Crippen LogP contribution in [0.4, 0.5) is 11.5 Å². The van der Waals surface area contributed by atoms with Gasteiger partial charge in [0.15, 0.2) is 5.82 Å². The third kappa shape index (κ3) is 3.71. The van der Waals surface area contributed by atoms with Gasteiger partial charge in [-0.15, -0.1) is 0 Å². The van der Waals surface area contributed by atoms with Crippen molar-refractivity contribution in [3.05, 3.63) is 59.5 Å². The topological polar surface area (TPSA) is 87.5 Å². The van der Waals surface area contributed by atoms with Crippen LogP contribution in [-0.4, -0.2) is 34.8 Å². The van der Waals surface area contributed by atoms with Gasteiger partial charge in [-0.1, -0.05) is 18.2 Å². The Hall–Kier alpha value is -3.61. The molecule has 1 aliphatic rings. The zero-order valence-electron chi connectivity index (χ0n) is 16.5. The van der Waals surface area contributed by atoms with Crippen LogP contribution >= 0.6 is 0 Å². The molecule has 148 valence electrons. The van der Waals surface area contributed by atoms with Gasteiger partial charge in [-0.05, 0) is 37.6 Å². The first kappa shape index (κ1) is 18.7. The largest absolute Gasteiger partial charge is 0.459 e. The molecule has 1 unspecified atom stereocenters. The van der Waals surface area contributed by atoms with Crippen molar-refractivity contribution in [2.24, 2.45) is 0 Å². The van der Waals surface area contributed by atoms with Crippen molar-refractivity contribution in [2.45, 2.75) is 26.4 Å². The van der Waals surface area contributed by atoms with E-state index in [1.54, 1.807) is 31.1 Å². The van der Waals surface area contributed by atoms with Crippen LogP contribution in [-0.2, 0) is 16.1 Å². The first-order valence-corrected chi connectivity index (χ1v) is 9.40. The Bertz CT molecular complexity index is 1130. The number of anilines is 2. The van der Waals surface area contributed by atoms with Crippen LogP contribution in [0.3, 0.4) is 0 Å². The molecule has 29 heavy (non-hydrogen) atoms. The number of pyridine rings is 1. The minimum atomic E-state index is -0.330. The number of aromatic nitrogens is 1. The fourth-order valence-corrected chi connectivity index (χ4v) is 3.27. The molecule has 1 atom stereocenters. The van der Waals surface area contributed by atoms with Gasteiger partial charge < -0.3 is 20.0 Å². The molecule has 0 fully saturated rings. The lowest BCUT2D eigenvalue weighted by Gasteiger charge is -2.23. The zero-order chi connectivity index (χ0) is 20.5. The van der Waals surface area contributed by atoms with Gasteiger partial charge in [-0.3, -0.25) is 9.59 Å². The molecule has 2 amide bonds. The van der Waals surface area contributed by atoms with Crippen molar-refractivity contribution >= 4 is 40.4 Å². The summed E-state index contributed by atoms with van der Waals surface area (Å²) in [6.45, 7) is 4.16. The summed E-state index contributed by atoms with van der Waals surface area (Å²) in [6, 6.07) is 9.36. The summed E-state index contributed by atoms with van der Waals surface area (Å²) in [5.41, 5.74) is 3.37. The second kappa shape index (κ2) is 7.43. The highest BCUT2D eigenvalue weighted by Crippen LogP contribution is 2.27. The normalized spacial score (nSPS) is 15.8. The van der Waals surface area contributed by atoms with E-state index < -0.39 is 0 Å². The van der Waals surface area contributed by atoms with Crippen molar-refractivity contribution in [1.29, 1.82) is 0 Å². The van der Waals surface area contributed by atoms with E-state index in [4.69, 9.17) is 4.42 Å². The fourth-order valence-electron chi connectivity index (χ4n) is 3.27. The number of nitrogens with zero attached hydrogens (tertiary/aromatic N) is 2. The van der Waals surface area contributed by atoms with Crippen LogP contribution in [0, 0.1) is 6.92 Å². The van der Waals surface area contributed by atoms with E-state index in [0.29, 0.717) is 12.4 Å². The van der Waals surface area contributed by atoms with Gasteiger partial charge in [0.05, 0.1) is 12.2 Å². The summed E-state index contributed by atoms with van der Waals surface area (Å²) >= 11 is 0. The lowest BCUT2D eigenvalue weighted by molar-refractivity contribution is -0.125. The van der Waals surface area contributed by atoms with Crippen molar-refractivity contribution in [1.82, 2.24) is 9.88 Å². The Kier molecular flexibility index (Phi) is 4.80. The lowest BCUT2D eigenvalue weighted by Crippen LogP contribution is -2.36. The number of amides is 2. The van der Waals surface area contributed by atoms with E-state index in [2.05, 4.69) is 15.6 Å². The second-order valence-corrected chi connectivity index (χ2v) is 7.19. The Balaban J connectivity index is 1.46. The highest BCUT2D eigenvalue weighted by atomic mass is 16.3. The first-order chi connectivity index (χ1) is 13.9. The van der Waals surface area contributed by atoms with E-state index in [1.165, 1.54) is 6.08 Å². The summed E-state index contributed by atoms with van der Waals surface area (Å²) < 4.78 is 5.89. The predicted octanol–water partition coefficient (Wildman–Crippen LogP) is 3.56. The van der Waals surface area contributed by atoms with Crippen LogP contribution in [0.25, 0.3) is 17.0 Å². The number of likely N-dealkylation sites (N-methyl/N-ethyl adjacent to an activating group) is 1. The molecule has 0 saturated heterocycles. The Labute approximate surface area is 168 Å². The maximum Gasteiger partial charge on any atom is 0.247 e. The SMILES string of the molecule is Cc1c(CN(C)C(=O)/C=C/c2cnc3c(c2)NC(C)C(=O)N3)oc2ccccc12. The number of rotatable bonds is 4. The molecule has 3 aromatic rings. The molecule has 0 spiro atoms. The maximum atomic E-state index is 12.5. The van der Waals surface area contributed by atoms with Crippen LogP contribution in [0.15, 0.2) is 47.0 Å². The van der Waals surface area contributed by atoms with E-state index in [9.17, 15) is 9.59 Å². The molecule has 2 aromatic heterocycles. The van der Waals surface area contributed by atoms with Gasteiger partial charge in [0.2, 0.25) is 11.8 Å². The lowest BCUT2D eigenvalue weighted by atomic mass is 10.1. The number of hydrogen-bond donors (Lipinski definition) is 2. The third-order valence-electron chi connectivity index (χ3n) is 5.03. The van der Waals surface area contributed by atoms with Gasteiger partial charge in [-0.25, -0.2) is 4.98 Å². The number of hydrogen-bond acceptors (Lipinski definition) is 5. The highest BCUT2D eigenvalue weighted by molar-refractivity contribution is 6.01. The molecule has 7 heteroatoms. The van der Waals surface area contributed by atoms with Gasteiger partial charge in [0.1, 0.15) is 17.4 Å². The smallest absolute Gasteiger partial charge is 0.247 e. The molecule has 0 bridgehead atoms. The number of fused-ring (bicyclic) bond motifs is 2. The van der Waals surface area contributed by atoms with Crippen molar-refractivity contribution in [3.8, 4) is 0 Å². The van der Waals surface area contributed by atoms with Gasteiger partial charge in [0.25, 0.3) is 0 Å². The van der Waals surface area contributed by atoms with Crippen molar-refractivity contribution in [2.75, 3.05) is 17.7 Å². The van der Waals surface area contributed by atoms with Crippen LogP contribution < -0.4 is 10.6 Å². The zero-order valence-corrected chi connectivity index (χ0v) is 16.5. The number of benzene rings is 1. The van der Waals surface area contributed by atoms with Gasteiger partial charge in [-0.2, -0.15) is 0 Å². The monoisotopic (exact) mass is 390 g/mol. The molecular weight excluding hydrogens is 368 g/mol. The van der Waals surface area contributed by atoms with Crippen LogP contribution in [0.5, 0.6) is 0 Å². The van der Waals surface area contributed by atoms with Crippen molar-refractivity contribution < 1.29 is 14.0 Å². The number of para-hydroxylation sites is 1. The van der Waals surface area contributed by atoms with Crippen molar-refractivity contribution in [3.63, 3.8) is 0 Å². The highest BCUT2D eigenvalue weighted by Gasteiger charge is 2.22. The van der Waals surface area contributed by atoms with Gasteiger partial charge in [0, 0.05) is 30.3 Å². The molecule has 0 saturated carbocycles. The Morgan fingerprint density at radius 3 is 2.93 bits per heavy atom. The summed E-state index contributed by atoms with van der Waals surface area (Å²) in [4.78, 5) is 30.1. The molecule has 2 N–H and O–H groups in total. The fraction of sp³-hybridized carbons (Fsp3) is 0.227. The number of carbonyl (C=O) groups excluding carboxylic acids is 2. The van der Waals surface area contributed by atoms with E-state index in [1.807, 2.05) is 37.3 Å². The molecule has 3 heterocycles. The summed E-state index contributed by atoms with van der Waals surface area (Å²) in [5, 5.41) is 6.90. The average molecular weight is 390 g/mol. The third-order valence-corrected chi connectivity index (χ3v) is 5.03. The number of nitrogens with one attached hydrogen (secondary N) is 2. The molecule has 0 aliphatic carbocycles. The number of aryl methyl sites for hydroxylation is 1. The number of carbonyl (C=O) groups is 2. The molecule has 0 radical (unpaired) electrons. The van der Waals surface area contributed by atoms with Gasteiger partial charge >= 0.3 is 0 Å². The standard InChI is InChI=1S/C22H22N4O3/c1-13-16-6-4-5-7-18(16)29-19(13)12-26(3)20(27)9-8-15-10-17-21(23-11-15)25-22(28)14(2)24-17/h4-11,14,24H,12H2,1-3H3,(H,23,25,28)/b9-8+. The van der Waals surface area contributed by atoms with E-state index in [-0.39, 0.29) is 17.9 Å². The molecule has 1 aromatic carbocycles. The summed E-state index contributed by atoms with van der Waals surface area (Å²) in [5.74, 6) is 1.01. The quantitative estimate of drug-likeness (QED) is 0.665. The molecule has 4 rings (SSSR count). The van der Waals surface area contributed by atoms with Crippen LogP contribution in [0.1, 0.15) is 23.8 Å². The van der Waals surface area contributed by atoms with Crippen LogP contribution in [0.2, 0.25) is 0 Å². The van der Waals surface area contributed by atoms with E-state index in [0.717, 1.165) is 33.5 Å². The maximum absolute atomic E-state index is 12.5. The predicted molar refractivity (Wildman–Crippen MR) is 112 cm³/mol. The summed E-state index contributed by atoms with van der Waals surface area (Å²) in [7, 11) is 1.74. The minimum Gasteiger partial charge on any atom is -0.459 e. The first-order valence-electron chi connectivity index (χ1n) is 9.40. The Morgan fingerprint density at radius 2 is 2.14 bits per heavy atom. The minimum absolute atomic E-state index is 0.119. The number of furan rings is 1. The van der Waals surface area contributed by atoms with E-state index >= 15 is 0 Å². The average Bonchev–Trinajstić information content (AvgIpc) is 3.02. The summed E-state index contributed by atoms with van der Waals surface area (Å²) in [6.07, 6.45) is 4.83. The second-order valence-electron chi connectivity index (χ2n) is 7.19. The molecule has 1 aliphatic heterocycles. The Morgan fingerprint density at radius 1 is 1.34 bits per heavy atom.